The van der Waals surface area contributed by atoms with E-state index in [1.54, 1.807) is 25.8 Å². The van der Waals surface area contributed by atoms with Crippen LogP contribution in [0.15, 0.2) is 0 Å². The van der Waals surface area contributed by atoms with Crippen LogP contribution in [0, 0.1) is 0 Å². The van der Waals surface area contributed by atoms with Crippen molar-refractivity contribution in [2.45, 2.75) is 57.2 Å². The molecule has 118 valence electrons. The molecule has 2 fully saturated rings. The summed E-state index contributed by atoms with van der Waals surface area (Å²) in [7, 11) is 1.76. The molecule has 1 aliphatic heterocycles. The Hall–Kier alpha value is -1.63. The molecule has 0 aromatic heterocycles. The van der Waals surface area contributed by atoms with Crippen molar-refractivity contribution in [1.82, 2.24) is 15.1 Å². The minimum absolute atomic E-state index is 0.0797. The van der Waals surface area contributed by atoms with Crippen LogP contribution in [0.1, 0.15) is 39.5 Å². The molecular formula is C14H24N4O3. The standard InChI is InChI=1S/C14H24N4O3/c1-14(2)12(20)16-13(21)18(14)8-11(19)17(3)10-6-4-9(15)5-7-10/h9-10H,4-8,15H2,1-3H3,(H,16,20,21). The second-order valence-electron chi connectivity index (χ2n) is 6.48. The number of rotatable bonds is 3. The van der Waals surface area contributed by atoms with Crippen LogP contribution in [-0.4, -0.2) is 58.9 Å². The molecule has 1 heterocycles. The Morgan fingerprint density at radius 1 is 1.33 bits per heavy atom. The summed E-state index contributed by atoms with van der Waals surface area (Å²) in [5.74, 6) is -0.514. The smallest absolute Gasteiger partial charge is 0.325 e. The Bertz CT molecular complexity index is 455. The van der Waals surface area contributed by atoms with E-state index in [1.807, 2.05) is 0 Å². The van der Waals surface area contributed by atoms with E-state index >= 15 is 0 Å². The summed E-state index contributed by atoms with van der Waals surface area (Å²) < 4.78 is 0. The molecule has 2 rings (SSSR count). The highest BCUT2D eigenvalue weighted by molar-refractivity contribution is 6.07. The molecule has 3 N–H and O–H groups in total. The molecule has 0 radical (unpaired) electrons. The third-order valence-electron chi connectivity index (χ3n) is 4.67. The van der Waals surface area contributed by atoms with Gasteiger partial charge in [0, 0.05) is 19.1 Å². The van der Waals surface area contributed by atoms with Crippen LogP contribution in [0.2, 0.25) is 0 Å². The molecule has 4 amide bonds. The Morgan fingerprint density at radius 3 is 2.38 bits per heavy atom. The number of nitrogens with one attached hydrogen (secondary N) is 1. The van der Waals surface area contributed by atoms with Gasteiger partial charge in [0.05, 0.1) is 0 Å². The fourth-order valence-corrected chi connectivity index (χ4v) is 2.90. The quantitative estimate of drug-likeness (QED) is 0.719. The van der Waals surface area contributed by atoms with Crippen molar-refractivity contribution in [1.29, 1.82) is 0 Å². The second kappa shape index (κ2) is 5.63. The Morgan fingerprint density at radius 2 is 1.90 bits per heavy atom. The van der Waals surface area contributed by atoms with Gasteiger partial charge in [-0.1, -0.05) is 0 Å². The van der Waals surface area contributed by atoms with Crippen molar-refractivity contribution in [3.05, 3.63) is 0 Å². The number of imide groups is 1. The summed E-state index contributed by atoms with van der Waals surface area (Å²) in [6.45, 7) is 3.20. The number of hydrogen-bond donors (Lipinski definition) is 2. The number of hydrogen-bond acceptors (Lipinski definition) is 4. The molecule has 0 aromatic rings. The fraction of sp³-hybridized carbons (Fsp3) is 0.786. The van der Waals surface area contributed by atoms with E-state index in [9.17, 15) is 14.4 Å². The van der Waals surface area contributed by atoms with Crippen LogP contribution in [0.4, 0.5) is 4.79 Å². The van der Waals surface area contributed by atoms with Crippen LogP contribution in [0.5, 0.6) is 0 Å². The second-order valence-corrected chi connectivity index (χ2v) is 6.48. The lowest BCUT2D eigenvalue weighted by atomic mass is 9.91. The summed E-state index contributed by atoms with van der Waals surface area (Å²) in [6.07, 6.45) is 3.60. The van der Waals surface area contributed by atoms with Gasteiger partial charge >= 0.3 is 6.03 Å². The number of carbonyl (C=O) groups is 3. The van der Waals surface area contributed by atoms with E-state index in [1.165, 1.54) is 4.90 Å². The number of urea groups is 1. The zero-order valence-electron chi connectivity index (χ0n) is 12.9. The molecule has 0 unspecified atom stereocenters. The van der Waals surface area contributed by atoms with Crippen molar-refractivity contribution in [3.8, 4) is 0 Å². The van der Waals surface area contributed by atoms with Crippen molar-refractivity contribution < 1.29 is 14.4 Å². The minimum Gasteiger partial charge on any atom is -0.341 e. The van der Waals surface area contributed by atoms with Crippen LogP contribution < -0.4 is 11.1 Å². The SMILES string of the molecule is CN(C(=O)CN1C(=O)NC(=O)C1(C)C)C1CCC(N)CC1. The predicted molar refractivity (Wildman–Crippen MR) is 77.3 cm³/mol. The largest absolute Gasteiger partial charge is 0.341 e. The minimum atomic E-state index is -0.984. The van der Waals surface area contributed by atoms with Crippen LogP contribution >= 0.6 is 0 Å². The van der Waals surface area contributed by atoms with Gasteiger partial charge in [-0.2, -0.15) is 0 Å². The van der Waals surface area contributed by atoms with Gasteiger partial charge in [-0.25, -0.2) is 4.79 Å². The first kappa shape index (κ1) is 15.8. The van der Waals surface area contributed by atoms with E-state index in [-0.39, 0.29) is 30.4 Å². The number of carbonyl (C=O) groups excluding carboxylic acids is 3. The number of nitrogens with zero attached hydrogens (tertiary/aromatic N) is 2. The maximum atomic E-state index is 12.4. The van der Waals surface area contributed by atoms with Crippen LogP contribution in [0.25, 0.3) is 0 Å². The summed E-state index contributed by atoms with van der Waals surface area (Å²) >= 11 is 0. The van der Waals surface area contributed by atoms with Crippen molar-refractivity contribution in [3.63, 3.8) is 0 Å². The number of likely N-dealkylation sites (N-methyl/N-ethyl adjacent to an activating group) is 1. The Balaban J connectivity index is 1.98. The fourth-order valence-electron chi connectivity index (χ4n) is 2.90. The topological polar surface area (TPSA) is 95.7 Å². The van der Waals surface area contributed by atoms with Gasteiger partial charge < -0.3 is 15.5 Å². The maximum Gasteiger partial charge on any atom is 0.325 e. The van der Waals surface area contributed by atoms with E-state index in [2.05, 4.69) is 5.32 Å². The van der Waals surface area contributed by atoms with E-state index in [0.29, 0.717) is 0 Å². The normalized spacial score (nSPS) is 28.5. The summed E-state index contributed by atoms with van der Waals surface area (Å²) in [5.41, 5.74) is 4.89. The Labute approximate surface area is 124 Å². The van der Waals surface area contributed by atoms with Gasteiger partial charge in [-0.3, -0.25) is 14.9 Å². The average Bonchev–Trinajstić information content (AvgIpc) is 2.61. The van der Waals surface area contributed by atoms with E-state index in [0.717, 1.165) is 25.7 Å². The zero-order chi connectivity index (χ0) is 15.8. The van der Waals surface area contributed by atoms with Gasteiger partial charge in [0.25, 0.3) is 5.91 Å². The van der Waals surface area contributed by atoms with E-state index < -0.39 is 11.6 Å². The van der Waals surface area contributed by atoms with Gasteiger partial charge in [-0.05, 0) is 39.5 Å². The Kier molecular flexibility index (Phi) is 4.22. The summed E-state index contributed by atoms with van der Waals surface area (Å²) in [5, 5.41) is 2.25. The van der Waals surface area contributed by atoms with Crippen molar-refractivity contribution >= 4 is 17.8 Å². The molecule has 7 heteroatoms. The molecule has 0 bridgehead atoms. The third-order valence-corrected chi connectivity index (χ3v) is 4.67. The van der Waals surface area contributed by atoms with Gasteiger partial charge in [0.2, 0.25) is 5.91 Å². The first-order chi connectivity index (χ1) is 9.73. The molecule has 0 atom stereocenters. The molecule has 0 spiro atoms. The van der Waals surface area contributed by atoms with Crippen LogP contribution in [0.3, 0.4) is 0 Å². The number of nitrogens with two attached hydrogens (primary N) is 1. The van der Waals surface area contributed by atoms with Crippen molar-refractivity contribution in [2.75, 3.05) is 13.6 Å². The highest BCUT2D eigenvalue weighted by Gasteiger charge is 2.46. The summed E-state index contributed by atoms with van der Waals surface area (Å²) in [6, 6.07) is -0.107. The molecular weight excluding hydrogens is 272 g/mol. The lowest BCUT2D eigenvalue weighted by Gasteiger charge is -2.35. The molecule has 21 heavy (non-hydrogen) atoms. The first-order valence-corrected chi connectivity index (χ1v) is 7.37. The first-order valence-electron chi connectivity index (χ1n) is 7.37. The summed E-state index contributed by atoms with van der Waals surface area (Å²) in [4.78, 5) is 38.8. The molecule has 7 nitrogen and oxygen atoms in total. The molecule has 0 aromatic carbocycles. The highest BCUT2D eigenvalue weighted by Crippen LogP contribution is 2.23. The van der Waals surface area contributed by atoms with E-state index in [4.69, 9.17) is 5.73 Å². The maximum absolute atomic E-state index is 12.4. The third kappa shape index (κ3) is 3.02. The lowest BCUT2D eigenvalue weighted by molar-refractivity contribution is -0.134. The average molecular weight is 296 g/mol. The molecule has 1 saturated carbocycles. The zero-order valence-corrected chi connectivity index (χ0v) is 12.9. The van der Waals surface area contributed by atoms with Gasteiger partial charge in [0.1, 0.15) is 12.1 Å². The highest BCUT2D eigenvalue weighted by atomic mass is 16.2. The lowest BCUT2D eigenvalue weighted by Crippen LogP contribution is -2.51. The van der Waals surface area contributed by atoms with Gasteiger partial charge in [0.15, 0.2) is 0 Å². The van der Waals surface area contributed by atoms with Crippen LogP contribution in [-0.2, 0) is 9.59 Å². The van der Waals surface area contributed by atoms with Crippen molar-refractivity contribution in [2.24, 2.45) is 5.73 Å². The molecule has 1 saturated heterocycles. The predicted octanol–water partition coefficient (Wildman–Crippen LogP) is 0.0451. The van der Waals surface area contributed by atoms with Gasteiger partial charge in [-0.15, -0.1) is 0 Å². The number of amides is 4. The molecule has 2 aliphatic rings. The monoisotopic (exact) mass is 296 g/mol. The molecule has 1 aliphatic carbocycles.